The van der Waals surface area contributed by atoms with E-state index in [1.54, 1.807) is 13.3 Å². The molecular weight excluding hydrogens is 331 g/mol. The van der Waals surface area contributed by atoms with Crippen LogP contribution in [-0.4, -0.2) is 19.4 Å². The SMILES string of the molecule is COc1ccc(N=CC2C=CC=C[N-]2)cc1.[CH3-].[CH3-].[Pd+2]. The Morgan fingerprint density at radius 1 is 1.16 bits per heavy atom. The van der Waals surface area contributed by atoms with Crippen LogP contribution in [0, 0.1) is 14.9 Å². The molecule has 0 radical (unpaired) electrons. The topological polar surface area (TPSA) is 35.7 Å². The summed E-state index contributed by atoms with van der Waals surface area (Å²) in [4.78, 5) is 4.35. The van der Waals surface area contributed by atoms with Crippen LogP contribution in [0.3, 0.4) is 0 Å². The molecule has 0 fully saturated rings. The molecule has 1 aliphatic heterocycles. The van der Waals surface area contributed by atoms with Crippen molar-refractivity contribution in [1.29, 1.82) is 0 Å². The van der Waals surface area contributed by atoms with Crippen molar-refractivity contribution in [2.45, 2.75) is 6.04 Å². The fourth-order valence-electron chi connectivity index (χ4n) is 1.35. The summed E-state index contributed by atoms with van der Waals surface area (Å²) in [5, 5.41) is 4.24. The van der Waals surface area contributed by atoms with Crippen LogP contribution >= 0.6 is 0 Å². The van der Waals surface area contributed by atoms with E-state index < -0.39 is 0 Å². The molecule has 1 heterocycles. The molecule has 0 saturated heterocycles. The Morgan fingerprint density at radius 2 is 1.84 bits per heavy atom. The zero-order chi connectivity index (χ0) is 11.2. The van der Waals surface area contributed by atoms with Crippen molar-refractivity contribution in [2.75, 3.05) is 7.11 Å². The number of hydrogen-bond donors (Lipinski definition) is 0. The van der Waals surface area contributed by atoms with Crippen LogP contribution in [-0.2, 0) is 20.4 Å². The van der Waals surface area contributed by atoms with Crippen LogP contribution in [0.1, 0.15) is 0 Å². The molecule has 0 bridgehead atoms. The van der Waals surface area contributed by atoms with Gasteiger partial charge in [-0.3, -0.25) is 4.99 Å². The second-order valence-electron chi connectivity index (χ2n) is 3.34. The van der Waals surface area contributed by atoms with Gasteiger partial charge in [-0.2, -0.15) is 6.20 Å². The first-order valence-electron chi connectivity index (χ1n) is 5.10. The van der Waals surface area contributed by atoms with Gasteiger partial charge in [0.25, 0.3) is 0 Å². The number of rotatable bonds is 3. The molecule has 3 nitrogen and oxygen atoms in total. The number of allylic oxidation sites excluding steroid dienone is 2. The van der Waals surface area contributed by atoms with Gasteiger partial charge in [0.2, 0.25) is 0 Å². The van der Waals surface area contributed by atoms with Gasteiger partial charge in [0.05, 0.1) is 12.8 Å². The third-order valence-corrected chi connectivity index (χ3v) is 2.21. The molecule has 0 N–H and O–H groups in total. The normalized spacial score (nSPS) is 15.7. The first-order valence-corrected chi connectivity index (χ1v) is 5.10. The number of ether oxygens (including phenoxy) is 1. The van der Waals surface area contributed by atoms with E-state index in [0.29, 0.717) is 0 Å². The summed E-state index contributed by atoms with van der Waals surface area (Å²) in [5.74, 6) is 0.837. The van der Waals surface area contributed by atoms with E-state index in [-0.39, 0.29) is 41.3 Å². The van der Waals surface area contributed by atoms with Gasteiger partial charge in [-0.1, -0.05) is 24.3 Å². The van der Waals surface area contributed by atoms with Crippen molar-refractivity contribution in [2.24, 2.45) is 4.99 Å². The maximum atomic E-state index is 5.07. The summed E-state index contributed by atoms with van der Waals surface area (Å²) in [6, 6.07) is 7.66. The molecular formula is C15H19N2OPd-. The van der Waals surface area contributed by atoms with Gasteiger partial charge in [0.1, 0.15) is 5.75 Å². The summed E-state index contributed by atoms with van der Waals surface area (Å²) < 4.78 is 5.07. The summed E-state index contributed by atoms with van der Waals surface area (Å²) >= 11 is 0. The predicted molar refractivity (Wildman–Crippen MR) is 79.4 cm³/mol. The Labute approximate surface area is 130 Å². The van der Waals surface area contributed by atoms with Gasteiger partial charge in [-0.15, -0.1) is 0 Å². The maximum absolute atomic E-state index is 5.07. The van der Waals surface area contributed by atoms with Crippen molar-refractivity contribution in [1.82, 2.24) is 0 Å². The molecule has 0 aliphatic carbocycles. The number of aliphatic imine (C=N–C) groups is 1. The first-order chi connectivity index (χ1) is 7.88. The van der Waals surface area contributed by atoms with Crippen LogP contribution in [0.4, 0.5) is 5.69 Å². The fourth-order valence-corrected chi connectivity index (χ4v) is 1.35. The molecule has 0 amide bonds. The first kappa shape index (κ1) is 20.0. The van der Waals surface area contributed by atoms with Crippen molar-refractivity contribution in [3.8, 4) is 5.75 Å². The minimum atomic E-state index is 0. The largest absolute Gasteiger partial charge is 2.00 e. The van der Waals surface area contributed by atoms with Crippen LogP contribution in [0.5, 0.6) is 5.75 Å². The Morgan fingerprint density at radius 3 is 2.37 bits per heavy atom. The number of methoxy groups -OCH3 is 1. The Kier molecular flexibility index (Phi) is 11.1. The van der Waals surface area contributed by atoms with Crippen molar-refractivity contribution >= 4 is 11.9 Å². The molecule has 1 atom stereocenters. The third kappa shape index (κ3) is 6.38. The maximum Gasteiger partial charge on any atom is 2.00 e. The molecule has 1 aromatic rings. The molecule has 1 unspecified atom stereocenters. The molecule has 106 valence electrons. The van der Waals surface area contributed by atoms with E-state index in [4.69, 9.17) is 4.74 Å². The average molecular weight is 350 g/mol. The summed E-state index contributed by atoms with van der Waals surface area (Å²) in [6.45, 7) is 0. The third-order valence-electron chi connectivity index (χ3n) is 2.21. The summed E-state index contributed by atoms with van der Waals surface area (Å²) in [5.41, 5.74) is 0.902. The average Bonchev–Trinajstić information content (AvgIpc) is 2.38. The molecule has 0 spiro atoms. The number of nitrogens with zero attached hydrogens (tertiary/aromatic N) is 2. The van der Waals surface area contributed by atoms with E-state index in [2.05, 4.69) is 10.3 Å². The smallest absolute Gasteiger partial charge is 0.680 e. The van der Waals surface area contributed by atoms with Crippen LogP contribution in [0.25, 0.3) is 5.32 Å². The molecule has 1 aliphatic rings. The van der Waals surface area contributed by atoms with Crippen molar-refractivity contribution in [3.05, 3.63) is 68.9 Å². The molecule has 2 rings (SSSR count). The number of benzene rings is 1. The quantitative estimate of drug-likeness (QED) is 0.459. The minimum Gasteiger partial charge on any atom is -0.680 e. The van der Waals surface area contributed by atoms with Crippen LogP contribution < -0.4 is 4.74 Å². The number of hydrogen-bond acceptors (Lipinski definition) is 2. The standard InChI is InChI=1S/C13H13N2O.2CH3.Pd/c1-16-13-7-5-11(6-8-13)15-10-12-4-2-3-9-14-12;;;/h2-10,12H,1H3;2*1H3;/q3*-1;+2. The summed E-state index contributed by atoms with van der Waals surface area (Å²) in [6.07, 6.45) is 9.47. The van der Waals surface area contributed by atoms with Gasteiger partial charge in [0, 0.05) is 0 Å². The second kappa shape index (κ2) is 10.5. The van der Waals surface area contributed by atoms with Gasteiger partial charge < -0.3 is 24.9 Å². The Balaban J connectivity index is 0. The molecule has 1 aromatic carbocycles. The second-order valence-corrected chi connectivity index (χ2v) is 3.34. The van der Waals surface area contributed by atoms with Crippen molar-refractivity contribution < 1.29 is 25.2 Å². The molecule has 4 heteroatoms. The Bertz CT molecular complexity index is 424. The zero-order valence-corrected chi connectivity index (χ0v) is 12.9. The predicted octanol–water partition coefficient (Wildman–Crippen LogP) is 4.12. The molecule has 0 aromatic heterocycles. The molecule has 0 saturated carbocycles. The van der Waals surface area contributed by atoms with Gasteiger partial charge >= 0.3 is 20.4 Å². The van der Waals surface area contributed by atoms with Crippen LogP contribution in [0.2, 0.25) is 0 Å². The van der Waals surface area contributed by atoms with E-state index in [9.17, 15) is 0 Å². The van der Waals surface area contributed by atoms with E-state index in [1.165, 1.54) is 0 Å². The zero-order valence-electron chi connectivity index (χ0n) is 11.4. The van der Waals surface area contributed by atoms with Crippen LogP contribution in [0.15, 0.2) is 53.7 Å². The fraction of sp³-hybridized carbons (Fsp3) is 0.133. The minimum absolute atomic E-state index is 0. The van der Waals surface area contributed by atoms with E-state index in [0.717, 1.165) is 11.4 Å². The van der Waals surface area contributed by atoms with E-state index >= 15 is 0 Å². The molecule has 19 heavy (non-hydrogen) atoms. The van der Waals surface area contributed by atoms with E-state index in [1.807, 2.05) is 48.7 Å². The summed E-state index contributed by atoms with van der Waals surface area (Å²) in [7, 11) is 1.65. The van der Waals surface area contributed by atoms with Crippen molar-refractivity contribution in [3.63, 3.8) is 0 Å². The van der Waals surface area contributed by atoms with Gasteiger partial charge in [-0.25, -0.2) is 0 Å². The monoisotopic (exact) mass is 349 g/mol. The Hall–Kier alpha value is -1.37. The van der Waals surface area contributed by atoms with Gasteiger partial charge in [0.15, 0.2) is 0 Å². The van der Waals surface area contributed by atoms with Gasteiger partial charge in [-0.05, 0) is 30.5 Å².